The fourth-order valence-electron chi connectivity index (χ4n) is 5.28. The lowest BCUT2D eigenvalue weighted by Crippen LogP contribution is -2.43. The summed E-state index contributed by atoms with van der Waals surface area (Å²) in [4.78, 5) is 42.9. The molecule has 30 heavy (non-hydrogen) atoms. The van der Waals surface area contributed by atoms with E-state index in [0.717, 1.165) is 16.5 Å². The van der Waals surface area contributed by atoms with Gasteiger partial charge in [0.1, 0.15) is 17.3 Å². The molecule has 4 rings (SSSR count). The van der Waals surface area contributed by atoms with E-state index < -0.39 is 11.8 Å². The van der Waals surface area contributed by atoms with Crippen LogP contribution in [0.5, 0.6) is 0 Å². The minimum Gasteiger partial charge on any atom is -0.512 e. The second-order valence-corrected chi connectivity index (χ2v) is 10.5. The van der Waals surface area contributed by atoms with Gasteiger partial charge in [0.05, 0.1) is 5.92 Å². The van der Waals surface area contributed by atoms with E-state index in [9.17, 15) is 19.5 Å². The molecule has 5 nitrogen and oxygen atoms in total. The lowest BCUT2D eigenvalue weighted by molar-refractivity contribution is -0.140. The van der Waals surface area contributed by atoms with Crippen LogP contribution in [0.2, 0.25) is 0 Å². The van der Waals surface area contributed by atoms with Gasteiger partial charge in [-0.15, -0.1) is 0 Å². The average molecular weight is 408 g/mol. The molecule has 1 fully saturated rings. The maximum Gasteiger partial charge on any atom is 0.163 e. The standard InChI is InChI=1S/C25H29NO4/c1-24(2)9-17(27)22(18(28)10-24)21(15-13-26-16-8-6-5-7-14(15)16)23-19(29)11-25(3,4)12-20(23)30/h5-8,13,21-22,26,29H,9-12H2,1-4H3. The number of nitrogens with one attached hydrogen (secondary N) is 1. The molecule has 1 atom stereocenters. The van der Waals surface area contributed by atoms with Crippen LogP contribution in [0.25, 0.3) is 10.9 Å². The number of hydrogen-bond donors (Lipinski definition) is 2. The molecular weight excluding hydrogens is 378 g/mol. The Morgan fingerprint density at radius 1 is 0.933 bits per heavy atom. The Hall–Kier alpha value is -2.69. The number of hydrogen-bond acceptors (Lipinski definition) is 4. The summed E-state index contributed by atoms with van der Waals surface area (Å²) in [6.07, 6.45) is 2.99. The van der Waals surface area contributed by atoms with Crippen molar-refractivity contribution in [3.05, 3.63) is 47.4 Å². The first-order valence-corrected chi connectivity index (χ1v) is 10.6. The van der Waals surface area contributed by atoms with Crippen molar-refractivity contribution in [1.82, 2.24) is 4.98 Å². The second-order valence-electron chi connectivity index (χ2n) is 10.5. The number of ketones is 3. The molecule has 2 N–H and O–H groups in total. The zero-order valence-corrected chi connectivity index (χ0v) is 18.0. The lowest BCUT2D eigenvalue weighted by Gasteiger charge is -2.38. The van der Waals surface area contributed by atoms with Crippen LogP contribution in [-0.4, -0.2) is 27.4 Å². The van der Waals surface area contributed by atoms with Crippen molar-refractivity contribution < 1.29 is 19.5 Å². The Morgan fingerprint density at radius 3 is 2.17 bits per heavy atom. The molecule has 1 saturated carbocycles. The van der Waals surface area contributed by atoms with E-state index in [0.29, 0.717) is 6.42 Å². The number of Topliss-reactive ketones (excluding diaryl/α,β-unsaturated/α-hetero) is 3. The highest BCUT2D eigenvalue weighted by Gasteiger charge is 2.49. The van der Waals surface area contributed by atoms with Gasteiger partial charge in [-0.2, -0.15) is 0 Å². The lowest BCUT2D eigenvalue weighted by atomic mass is 9.62. The number of allylic oxidation sites excluding steroid dienone is 2. The van der Waals surface area contributed by atoms with Crippen LogP contribution in [0.1, 0.15) is 64.9 Å². The maximum absolute atomic E-state index is 13.2. The Kier molecular flexibility index (Phi) is 4.75. The van der Waals surface area contributed by atoms with Crippen LogP contribution >= 0.6 is 0 Å². The summed E-state index contributed by atoms with van der Waals surface area (Å²) in [5.74, 6) is -2.17. The van der Waals surface area contributed by atoms with Gasteiger partial charge < -0.3 is 10.1 Å². The van der Waals surface area contributed by atoms with Gasteiger partial charge in [-0.05, 0) is 22.5 Å². The smallest absolute Gasteiger partial charge is 0.163 e. The molecule has 0 spiro atoms. The van der Waals surface area contributed by atoms with E-state index in [4.69, 9.17) is 0 Å². The van der Waals surface area contributed by atoms with Crippen molar-refractivity contribution >= 4 is 28.3 Å². The Labute approximate surface area is 176 Å². The maximum atomic E-state index is 13.2. The molecule has 0 saturated heterocycles. The number of para-hydroxylation sites is 1. The van der Waals surface area contributed by atoms with E-state index in [1.165, 1.54) is 0 Å². The number of carbonyl (C=O) groups is 3. The Morgan fingerprint density at radius 2 is 1.53 bits per heavy atom. The predicted molar refractivity (Wildman–Crippen MR) is 115 cm³/mol. The van der Waals surface area contributed by atoms with Crippen LogP contribution in [0.4, 0.5) is 0 Å². The van der Waals surface area contributed by atoms with Gasteiger partial charge in [-0.25, -0.2) is 0 Å². The first-order chi connectivity index (χ1) is 14.0. The van der Waals surface area contributed by atoms with Crippen molar-refractivity contribution in [3.8, 4) is 0 Å². The monoisotopic (exact) mass is 407 g/mol. The highest BCUT2D eigenvalue weighted by molar-refractivity contribution is 6.10. The minimum atomic E-state index is -0.945. The van der Waals surface area contributed by atoms with Crippen molar-refractivity contribution in [2.24, 2.45) is 16.7 Å². The first kappa shape index (κ1) is 20.6. The van der Waals surface area contributed by atoms with E-state index >= 15 is 0 Å². The molecule has 2 aliphatic carbocycles. The molecule has 2 aromatic rings. The third-order valence-electron chi connectivity index (χ3n) is 6.50. The fourth-order valence-corrected chi connectivity index (χ4v) is 5.28. The van der Waals surface area contributed by atoms with Gasteiger partial charge in [0.15, 0.2) is 5.78 Å². The van der Waals surface area contributed by atoms with Crippen molar-refractivity contribution in [2.75, 3.05) is 0 Å². The molecule has 0 bridgehead atoms. The second kappa shape index (κ2) is 6.93. The van der Waals surface area contributed by atoms with E-state index in [1.807, 2.05) is 52.0 Å². The van der Waals surface area contributed by atoms with Crippen LogP contribution < -0.4 is 0 Å². The number of benzene rings is 1. The van der Waals surface area contributed by atoms with Crippen LogP contribution in [0.3, 0.4) is 0 Å². The zero-order chi connectivity index (χ0) is 21.8. The number of aliphatic hydroxyl groups is 1. The van der Waals surface area contributed by atoms with Crippen LogP contribution in [0, 0.1) is 16.7 Å². The van der Waals surface area contributed by atoms with Gasteiger partial charge in [0.25, 0.3) is 0 Å². The molecule has 5 heteroatoms. The molecule has 158 valence electrons. The largest absolute Gasteiger partial charge is 0.512 e. The van der Waals surface area contributed by atoms with Crippen molar-refractivity contribution in [2.45, 2.75) is 59.3 Å². The van der Waals surface area contributed by atoms with Gasteiger partial charge in [0.2, 0.25) is 0 Å². The van der Waals surface area contributed by atoms with Crippen LogP contribution in [-0.2, 0) is 14.4 Å². The number of H-pyrrole nitrogens is 1. The number of aromatic amines is 1. The zero-order valence-electron chi connectivity index (χ0n) is 18.0. The van der Waals surface area contributed by atoms with Gasteiger partial charge in [-0.3, -0.25) is 14.4 Å². The van der Waals surface area contributed by atoms with E-state index in [-0.39, 0.29) is 58.8 Å². The predicted octanol–water partition coefficient (Wildman–Crippen LogP) is 5.03. The first-order valence-electron chi connectivity index (χ1n) is 10.6. The van der Waals surface area contributed by atoms with Gasteiger partial charge in [0, 0.05) is 54.3 Å². The number of aromatic nitrogens is 1. The molecule has 0 amide bonds. The molecule has 1 unspecified atom stereocenters. The summed E-state index contributed by atoms with van der Waals surface area (Å²) >= 11 is 0. The third kappa shape index (κ3) is 3.51. The summed E-state index contributed by atoms with van der Waals surface area (Å²) in [6, 6.07) is 7.64. The summed E-state index contributed by atoms with van der Waals surface area (Å²) in [5, 5.41) is 11.8. The van der Waals surface area contributed by atoms with Crippen LogP contribution in [0.15, 0.2) is 41.8 Å². The molecule has 0 radical (unpaired) electrons. The number of rotatable bonds is 3. The number of carbonyl (C=O) groups excluding carboxylic acids is 3. The summed E-state index contributed by atoms with van der Waals surface area (Å²) in [7, 11) is 0. The Bertz CT molecular complexity index is 1070. The summed E-state index contributed by atoms with van der Waals surface area (Å²) in [5.41, 5.74) is 1.11. The summed E-state index contributed by atoms with van der Waals surface area (Å²) < 4.78 is 0. The fraction of sp³-hybridized carbons (Fsp3) is 0.480. The molecule has 1 heterocycles. The number of aliphatic hydroxyl groups excluding tert-OH is 1. The number of fused-ring (bicyclic) bond motifs is 1. The molecule has 0 aliphatic heterocycles. The highest BCUT2D eigenvalue weighted by Crippen LogP contribution is 2.48. The third-order valence-corrected chi connectivity index (χ3v) is 6.50. The molecule has 1 aromatic carbocycles. The molecule has 1 aromatic heterocycles. The van der Waals surface area contributed by atoms with Crippen molar-refractivity contribution in [3.63, 3.8) is 0 Å². The van der Waals surface area contributed by atoms with Gasteiger partial charge >= 0.3 is 0 Å². The van der Waals surface area contributed by atoms with E-state index in [1.54, 1.807) is 6.20 Å². The minimum absolute atomic E-state index is 0.0111. The molecular formula is C25H29NO4. The highest BCUT2D eigenvalue weighted by atomic mass is 16.3. The molecule has 2 aliphatic rings. The normalized spacial score (nSPS) is 23.3. The van der Waals surface area contributed by atoms with Gasteiger partial charge in [-0.1, -0.05) is 45.9 Å². The topological polar surface area (TPSA) is 87.2 Å². The SMILES string of the molecule is CC1(C)CC(=O)C(C(C2=C(O)CC(C)(C)CC2=O)c2c[nH]c3ccccc23)C(=O)C1. The van der Waals surface area contributed by atoms with Crippen molar-refractivity contribution in [1.29, 1.82) is 0 Å². The average Bonchev–Trinajstić information content (AvgIpc) is 3.00. The Balaban J connectivity index is 1.92. The quantitative estimate of drug-likeness (QED) is 0.699. The summed E-state index contributed by atoms with van der Waals surface area (Å²) in [6.45, 7) is 7.73. The van der Waals surface area contributed by atoms with E-state index in [2.05, 4.69) is 4.98 Å².